The van der Waals surface area contributed by atoms with E-state index in [1.54, 1.807) is 0 Å². The van der Waals surface area contributed by atoms with E-state index < -0.39 is 0 Å². The van der Waals surface area contributed by atoms with Crippen molar-refractivity contribution in [3.8, 4) is 0 Å². The monoisotopic (exact) mass is 282 g/mol. The first-order valence-electron chi connectivity index (χ1n) is 6.84. The van der Waals surface area contributed by atoms with Crippen molar-refractivity contribution in [2.75, 3.05) is 24.1 Å². The van der Waals surface area contributed by atoms with E-state index in [2.05, 4.69) is 10.3 Å². The predicted octanol–water partition coefficient (Wildman–Crippen LogP) is 2.42. The number of hydrogen-bond acceptors (Lipinski definition) is 5. The highest BCUT2D eigenvalue weighted by atomic mass is 32.1. The number of aromatic nitrogens is 1. The Hall–Kier alpha value is -1.30. The molecule has 1 heterocycles. The van der Waals surface area contributed by atoms with Gasteiger partial charge in [-0.1, -0.05) is 11.3 Å². The molecule has 1 fully saturated rings. The average molecular weight is 282 g/mol. The van der Waals surface area contributed by atoms with Crippen LogP contribution in [-0.2, 0) is 0 Å². The summed E-state index contributed by atoms with van der Waals surface area (Å²) in [5.74, 6) is 1.03. The number of nitrogen functional groups attached to an aromatic ring is 1. The van der Waals surface area contributed by atoms with E-state index in [-0.39, 0.29) is 11.9 Å². The van der Waals surface area contributed by atoms with Crippen molar-refractivity contribution in [3.63, 3.8) is 0 Å². The van der Waals surface area contributed by atoms with E-state index in [1.807, 2.05) is 25.7 Å². The Kier molecular flexibility index (Phi) is 4.29. The Morgan fingerprint density at radius 2 is 2.26 bits per heavy atom. The van der Waals surface area contributed by atoms with E-state index in [9.17, 15) is 4.79 Å². The van der Waals surface area contributed by atoms with Crippen LogP contribution in [0.15, 0.2) is 0 Å². The standard InChI is InChI=1S/C13H22N4OS/c1-4-15-13-16-11(14)10(19-13)12(18)17(8(2)3)7-9-5-6-9/h8-9H,4-7,14H2,1-3H3,(H,15,16). The molecule has 1 aromatic rings. The SMILES string of the molecule is CCNc1nc(N)c(C(=O)N(CC2CC2)C(C)C)s1. The van der Waals surface area contributed by atoms with Crippen LogP contribution in [0.5, 0.6) is 0 Å². The number of rotatable bonds is 6. The smallest absolute Gasteiger partial charge is 0.268 e. The molecule has 2 rings (SSSR count). The molecule has 0 spiro atoms. The number of nitrogens with one attached hydrogen (secondary N) is 1. The summed E-state index contributed by atoms with van der Waals surface area (Å²) in [6.07, 6.45) is 2.47. The average Bonchev–Trinajstić information content (AvgIpc) is 3.09. The lowest BCUT2D eigenvalue weighted by atomic mass is 10.2. The molecule has 0 atom stereocenters. The predicted molar refractivity (Wildman–Crippen MR) is 79.6 cm³/mol. The van der Waals surface area contributed by atoms with E-state index >= 15 is 0 Å². The summed E-state index contributed by atoms with van der Waals surface area (Å²) < 4.78 is 0. The van der Waals surface area contributed by atoms with E-state index in [0.29, 0.717) is 16.6 Å². The molecule has 0 bridgehead atoms. The first kappa shape index (κ1) is 14.1. The summed E-state index contributed by atoms with van der Waals surface area (Å²) in [5.41, 5.74) is 5.87. The summed E-state index contributed by atoms with van der Waals surface area (Å²) in [6, 6.07) is 0.192. The minimum absolute atomic E-state index is 0.0149. The summed E-state index contributed by atoms with van der Waals surface area (Å²) in [6.45, 7) is 7.69. The van der Waals surface area contributed by atoms with Crippen molar-refractivity contribution < 1.29 is 4.79 Å². The van der Waals surface area contributed by atoms with Gasteiger partial charge in [-0.3, -0.25) is 4.79 Å². The van der Waals surface area contributed by atoms with Gasteiger partial charge in [0.1, 0.15) is 10.7 Å². The Labute approximate surface area is 118 Å². The minimum atomic E-state index is 0.0149. The summed E-state index contributed by atoms with van der Waals surface area (Å²) in [4.78, 5) is 19.2. The van der Waals surface area contributed by atoms with Crippen molar-refractivity contribution in [1.29, 1.82) is 0 Å². The molecule has 1 aromatic heterocycles. The number of carbonyl (C=O) groups excluding carboxylic acids is 1. The van der Waals surface area contributed by atoms with E-state index in [0.717, 1.165) is 18.2 Å². The maximum atomic E-state index is 12.6. The molecule has 1 aliphatic rings. The van der Waals surface area contributed by atoms with Gasteiger partial charge in [-0.25, -0.2) is 4.98 Å². The normalized spacial score (nSPS) is 14.7. The molecule has 0 aromatic carbocycles. The van der Waals surface area contributed by atoms with E-state index in [4.69, 9.17) is 5.73 Å². The molecule has 19 heavy (non-hydrogen) atoms. The number of thiazole rings is 1. The fourth-order valence-corrected chi connectivity index (χ4v) is 2.86. The van der Waals surface area contributed by atoms with Gasteiger partial charge < -0.3 is 16.0 Å². The number of carbonyl (C=O) groups is 1. The summed E-state index contributed by atoms with van der Waals surface area (Å²) in [7, 11) is 0. The molecule has 0 unspecified atom stereocenters. The van der Waals surface area contributed by atoms with Crippen molar-refractivity contribution in [3.05, 3.63) is 4.88 Å². The van der Waals surface area contributed by atoms with Gasteiger partial charge in [0.2, 0.25) is 0 Å². The number of nitrogens with two attached hydrogens (primary N) is 1. The molecular weight excluding hydrogens is 260 g/mol. The summed E-state index contributed by atoms with van der Waals surface area (Å²) >= 11 is 1.35. The molecule has 106 valence electrons. The van der Waals surface area contributed by atoms with Crippen molar-refractivity contribution in [2.45, 2.75) is 39.7 Å². The highest BCUT2D eigenvalue weighted by Gasteiger charge is 2.30. The van der Waals surface area contributed by atoms with Crippen LogP contribution in [-0.4, -0.2) is 34.9 Å². The van der Waals surface area contributed by atoms with Gasteiger partial charge in [0, 0.05) is 19.1 Å². The zero-order valence-electron chi connectivity index (χ0n) is 11.8. The van der Waals surface area contributed by atoms with Crippen LogP contribution in [0.1, 0.15) is 43.3 Å². The fraction of sp³-hybridized carbons (Fsp3) is 0.692. The molecule has 0 aliphatic heterocycles. The van der Waals surface area contributed by atoms with Crippen LogP contribution >= 0.6 is 11.3 Å². The van der Waals surface area contributed by atoms with Gasteiger partial charge in [0.15, 0.2) is 5.13 Å². The zero-order chi connectivity index (χ0) is 14.0. The highest BCUT2D eigenvalue weighted by molar-refractivity contribution is 7.18. The van der Waals surface area contributed by atoms with Crippen molar-refractivity contribution in [1.82, 2.24) is 9.88 Å². The van der Waals surface area contributed by atoms with Crippen LogP contribution in [0.25, 0.3) is 0 Å². The number of anilines is 2. The third kappa shape index (κ3) is 3.37. The second-order valence-electron chi connectivity index (χ2n) is 5.26. The quantitative estimate of drug-likeness (QED) is 0.840. The first-order valence-corrected chi connectivity index (χ1v) is 7.65. The molecule has 6 heteroatoms. The first-order chi connectivity index (χ1) is 9.02. The van der Waals surface area contributed by atoms with Gasteiger partial charge in [-0.05, 0) is 39.5 Å². The molecular formula is C13H22N4OS. The van der Waals surface area contributed by atoms with Gasteiger partial charge in [-0.15, -0.1) is 0 Å². The second-order valence-corrected chi connectivity index (χ2v) is 6.26. The molecule has 0 saturated heterocycles. The Bertz CT molecular complexity index is 453. The zero-order valence-corrected chi connectivity index (χ0v) is 12.6. The topological polar surface area (TPSA) is 71.2 Å². The van der Waals surface area contributed by atoms with E-state index in [1.165, 1.54) is 24.2 Å². The second kappa shape index (κ2) is 5.77. The molecule has 1 saturated carbocycles. The Morgan fingerprint density at radius 1 is 1.58 bits per heavy atom. The van der Waals surface area contributed by atoms with Gasteiger partial charge in [0.25, 0.3) is 5.91 Å². The third-order valence-corrected chi connectivity index (χ3v) is 4.23. The maximum absolute atomic E-state index is 12.6. The lowest BCUT2D eigenvalue weighted by Crippen LogP contribution is -2.38. The van der Waals surface area contributed by atoms with Crippen LogP contribution in [0.3, 0.4) is 0 Å². The largest absolute Gasteiger partial charge is 0.382 e. The molecule has 3 N–H and O–H groups in total. The Morgan fingerprint density at radius 3 is 2.79 bits per heavy atom. The van der Waals surface area contributed by atoms with Crippen LogP contribution in [0.4, 0.5) is 10.9 Å². The maximum Gasteiger partial charge on any atom is 0.268 e. The molecule has 1 amide bonds. The fourth-order valence-electron chi connectivity index (χ4n) is 1.95. The van der Waals surface area contributed by atoms with Crippen LogP contribution < -0.4 is 11.1 Å². The highest BCUT2D eigenvalue weighted by Crippen LogP contribution is 2.32. The van der Waals surface area contributed by atoms with Gasteiger partial charge in [-0.2, -0.15) is 0 Å². The van der Waals surface area contributed by atoms with Crippen molar-refractivity contribution >= 4 is 28.2 Å². The van der Waals surface area contributed by atoms with Crippen LogP contribution in [0.2, 0.25) is 0 Å². The third-order valence-electron chi connectivity index (χ3n) is 3.21. The number of hydrogen-bond donors (Lipinski definition) is 2. The molecule has 0 radical (unpaired) electrons. The van der Waals surface area contributed by atoms with Gasteiger partial charge in [0.05, 0.1) is 0 Å². The number of nitrogens with zero attached hydrogens (tertiary/aromatic N) is 2. The lowest BCUT2D eigenvalue weighted by Gasteiger charge is -2.26. The lowest BCUT2D eigenvalue weighted by molar-refractivity contribution is 0.0702. The molecule has 5 nitrogen and oxygen atoms in total. The Balaban J connectivity index is 2.15. The van der Waals surface area contributed by atoms with Gasteiger partial charge >= 0.3 is 0 Å². The summed E-state index contributed by atoms with van der Waals surface area (Å²) in [5, 5.41) is 3.82. The van der Waals surface area contributed by atoms with Crippen molar-refractivity contribution in [2.24, 2.45) is 5.92 Å². The molecule has 1 aliphatic carbocycles. The number of amides is 1. The van der Waals surface area contributed by atoms with Crippen LogP contribution in [0, 0.1) is 5.92 Å². The minimum Gasteiger partial charge on any atom is -0.382 e.